The van der Waals surface area contributed by atoms with Gasteiger partial charge in [0.05, 0.1) is 5.88 Å². The molecule has 0 radical (unpaired) electrons. The second kappa shape index (κ2) is 2.93. The first-order valence-electron chi connectivity index (χ1n) is 3.01. The molecule has 3 nitrogen and oxygen atoms in total. The molecule has 0 aliphatic heterocycles. The number of nitrogens with zero attached hydrogens (tertiary/aromatic N) is 3. The van der Waals surface area contributed by atoms with E-state index in [1.807, 2.05) is 0 Å². The SMILES string of the molecule is Cc1nnc(CCl)n1C(F)(F)F. The predicted molar refractivity (Wildman–Crippen MR) is 35.6 cm³/mol. The van der Waals surface area contributed by atoms with E-state index in [1.165, 1.54) is 6.92 Å². The average molecular weight is 200 g/mol. The zero-order chi connectivity index (χ0) is 9.35. The van der Waals surface area contributed by atoms with Crippen molar-refractivity contribution in [1.29, 1.82) is 0 Å². The minimum absolute atomic E-state index is 0.0556. The molecule has 0 aromatic carbocycles. The van der Waals surface area contributed by atoms with Crippen molar-refractivity contribution in [2.75, 3.05) is 0 Å². The van der Waals surface area contributed by atoms with Gasteiger partial charge in [-0.2, -0.15) is 0 Å². The normalized spacial score (nSPS) is 12.1. The third-order valence-electron chi connectivity index (χ3n) is 1.26. The molecule has 0 atom stereocenters. The van der Waals surface area contributed by atoms with Gasteiger partial charge in [0.1, 0.15) is 5.82 Å². The fourth-order valence-electron chi connectivity index (χ4n) is 0.823. The summed E-state index contributed by atoms with van der Waals surface area (Å²) in [7, 11) is 0. The van der Waals surface area contributed by atoms with Crippen LogP contribution in [0.1, 0.15) is 11.6 Å². The molecular weight excluding hydrogens is 195 g/mol. The van der Waals surface area contributed by atoms with Crippen LogP contribution in [-0.4, -0.2) is 14.8 Å². The van der Waals surface area contributed by atoms with Crippen LogP contribution < -0.4 is 0 Å². The number of aryl methyl sites for hydroxylation is 1. The van der Waals surface area contributed by atoms with Crippen LogP contribution in [0, 0.1) is 6.92 Å². The van der Waals surface area contributed by atoms with Gasteiger partial charge in [0.15, 0.2) is 5.82 Å². The minimum Gasteiger partial charge on any atom is -0.223 e. The first-order valence-corrected chi connectivity index (χ1v) is 3.54. The van der Waals surface area contributed by atoms with Crippen LogP contribution >= 0.6 is 11.6 Å². The first-order chi connectivity index (χ1) is 5.46. The molecule has 12 heavy (non-hydrogen) atoms. The zero-order valence-electron chi connectivity index (χ0n) is 6.06. The molecule has 0 bridgehead atoms. The van der Waals surface area contributed by atoms with Crippen LogP contribution in [0.25, 0.3) is 0 Å². The molecule has 1 aromatic heterocycles. The second-order valence-corrected chi connectivity index (χ2v) is 2.37. The maximum absolute atomic E-state index is 12.2. The van der Waals surface area contributed by atoms with Gasteiger partial charge in [0.25, 0.3) is 0 Å². The van der Waals surface area contributed by atoms with Gasteiger partial charge < -0.3 is 0 Å². The Balaban J connectivity index is 3.19. The monoisotopic (exact) mass is 199 g/mol. The van der Waals surface area contributed by atoms with Gasteiger partial charge in [-0.15, -0.1) is 35.0 Å². The number of alkyl halides is 4. The maximum Gasteiger partial charge on any atom is 0.491 e. The van der Waals surface area contributed by atoms with Crippen molar-refractivity contribution >= 4 is 11.6 Å². The van der Waals surface area contributed by atoms with Gasteiger partial charge in [0.2, 0.25) is 0 Å². The molecule has 7 heteroatoms. The number of hydrogen-bond acceptors (Lipinski definition) is 2. The highest BCUT2D eigenvalue weighted by Crippen LogP contribution is 2.25. The van der Waals surface area contributed by atoms with Crippen LogP contribution in [0.5, 0.6) is 0 Å². The lowest BCUT2D eigenvalue weighted by atomic mass is 10.6. The topological polar surface area (TPSA) is 30.7 Å². The van der Waals surface area contributed by atoms with E-state index in [4.69, 9.17) is 11.6 Å². The number of hydrogen-bond donors (Lipinski definition) is 0. The maximum atomic E-state index is 12.2. The average Bonchev–Trinajstić information content (AvgIpc) is 2.29. The third kappa shape index (κ3) is 1.52. The van der Waals surface area contributed by atoms with E-state index < -0.39 is 6.30 Å². The molecule has 1 heterocycles. The minimum atomic E-state index is -4.49. The Hall–Kier alpha value is -0.780. The lowest BCUT2D eigenvalue weighted by Crippen LogP contribution is -2.20. The summed E-state index contributed by atoms with van der Waals surface area (Å²) in [6.45, 7) is 1.22. The van der Waals surface area contributed by atoms with E-state index in [2.05, 4.69) is 10.2 Å². The number of rotatable bonds is 1. The number of halogens is 4. The van der Waals surface area contributed by atoms with E-state index >= 15 is 0 Å². The van der Waals surface area contributed by atoms with Crippen molar-refractivity contribution in [2.24, 2.45) is 0 Å². The molecule has 0 aliphatic carbocycles. The van der Waals surface area contributed by atoms with E-state index in [-0.39, 0.29) is 22.1 Å². The molecule has 0 spiro atoms. The molecule has 68 valence electrons. The summed E-state index contributed by atoms with van der Waals surface area (Å²) >= 11 is 5.23. The second-order valence-electron chi connectivity index (χ2n) is 2.10. The summed E-state index contributed by atoms with van der Waals surface area (Å²) in [5.41, 5.74) is 0. The molecule has 0 unspecified atom stereocenters. The highest BCUT2D eigenvalue weighted by atomic mass is 35.5. The fraction of sp³-hybridized carbons (Fsp3) is 0.600. The standard InChI is InChI=1S/C5H5ClF3N3/c1-3-10-11-4(2-6)12(3)5(7,8)9/h2H2,1H3. The lowest BCUT2D eigenvalue weighted by molar-refractivity contribution is -0.206. The van der Waals surface area contributed by atoms with E-state index in [9.17, 15) is 13.2 Å². The summed E-state index contributed by atoms with van der Waals surface area (Å²) in [6, 6.07) is 0. The molecule has 1 rings (SSSR count). The molecular formula is C5H5ClF3N3. The highest BCUT2D eigenvalue weighted by molar-refractivity contribution is 6.16. The summed E-state index contributed by atoms with van der Waals surface area (Å²) in [4.78, 5) is 0. The van der Waals surface area contributed by atoms with Crippen molar-refractivity contribution in [3.63, 3.8) is 0 Å². The molecule has 0 saturated carbocycles. The molecule has 1 aromatic rings. The fourth-order valence-corrected chi connectivity index (χ4v) is 0.996. The first kappa shape index (κ1) is 9.31. The van der Waals surface area contributed by atoms with Crippen LogP contribution in [0.2, 0.25) is 0 Å². The summed E-state index contributed by atoms with van der Waals surface area (Å²) in [6.07, 6.45) is -4.49. The van der Waals surface area contributed by atoms with E-state index in [0.717, 1.165) is 0 Å². The van der Waals surface area contributed by atoms with E-state index in [1.54, 1.807) is 0 Å². The Morgan fingerprint density at radius 3 is 2.33 bits per heavy atom. The Labute approximate surface area is 71.2 Å². The van der Waals surface area contributed by atoms with Crippen molar-refractivity contribution in [3.05, 3.63) is 11.6 Å². The zero-order valence-corrected chi connectivity index (χ0v) is 6.82. The highest BCUT2D eigenvalue weighted by Gasteiger charge is 2.35. The van der Waals surface area contributed by atoms with E-state index in [0.29, 0.717) is 0 Å². The Morgan fingerprint density at radius 2 is 2.00 bits per heavy atom. The van der Waals surface area contributed by atoms with Crippen LogP contribution in [0.4, 0.5) is 13.2 Å². The lowest BCUT2D eigenvalue weighted by Gasteiger charge is -2.09. The van der Waals surface area contributed by atoms with Crippen molar-refractivity contribution in [1.82, 2.24) is 14.8 Å². The number of aromatic nitrogens is 3. The Kier molecular flexibility index (Phi) is 2.27. The van der Waals surface area contributed by atoms with Gasteiger partial charge in [-0.1, -0.05) is 0 Å². The summed E-state index contributed by atoms with van der Waals surface area (Å²) in [5, 5.41) is 6.52. The molecule has 0 N–H and O–H groups in total. The quantitative estimate of drug-likeness (QED) is 0.646. The van der Waals surface area contributed by atoms with Gasteiger partial charge in [-0.05, 0) is 6.92 Å². The third-order valence-corrected chi connectivity index (χ3v) is 1.50. The predicted octanol–water partition coefficient (Wildman–Crippen LogP) is 1.80. The van der Waals surface area contributed by atoms with Crippen molar-refractivity contribution in [2.45, 2.75) is 19.1 Å². The van der Waals surface area contributed by atoms with Gasteiger partial charge in [0, 0.05) is 0 Å². The molecule has 0 saturated heterocycles. The smallest absolute Gasteiger partial charge is 0.223 e. The van der Waals surface area contributed by atoms with Gasteiger partial charge in [-0.3, -0.25) is 0 Å². The molecule has 0 fully saturated rings. The largest absolute Gasteiger partial charge is 0.491 e. The van der Waals surface area contributed by atoms with Crippen LogP contribution in [-0.2, 0) is 12.2 Å². The van der Waals surface area contributed by atoms with Crippen molar-refractivity contribution < 1.29 is 13.2 Å². The Bertz CT molecular complexity index is 280. The van der Waals surface area contributed by atoms with Gasteiger partial charge in [-0.25, -0.2) is 4.57 Å². The van der Waals surface area contributed by atoms with Crippen molar-refractivity contribution in [3.8, 4) is 0 Å². The summed E-state index contributed by atoms with van der Waals surface area (Å²) < 4.78 is 36.5. The van der Waals surface area contributed by atoms with Crippen LogP contribution in [0.3, 0.4) is 0 Å². The van der Waals surface area contributed by atoms with Crippen LogP contribution in [0.15, 0.2) is 0 Å². The van der Waals surface area contributed by atoms with Gasteiger partial charge >= 0.3 is 6.30 Å². The summed E-state index contributed by atoms with van der Waals surface area (Å²) in [5.74, 6) is -0.805. The Morgan fingerprint density at radius 1 is 1.42 bits per heavy atom. The molecule has 0 amide bonds. The molecule has 0 aliphatic rings.